The molecule has 1 aromatic rings. The Kier molecular flexibility index (Phi) is 6.33. The fourth-order valence-corrected chi connectivity index (χ4v) is 2.38. The fraction of sp³-hybridized carbons (Fsp3) is 0.467. The minimum Gasteiger partial charge on any atom is -0.344 e. The number of likely N-dealkylation sites (N-methyl/N-ethyl adjacent to an activating group) is 1. The quantitative estimate of drug-likeness (QED) is 0.879. The van der Waals surface area contributed by atoms with E-state index < -0.39 is 6.04 Å². The average Bonchev–Trinajstić information content (AvgIpc) is 2.38. The Hall–Kier alpha value is -1.43. The van der Waals surface area contributed by atoms with Gasteiger partial charge in [0.15, 0.2) is 0 Å². The van der Waals surface area contributed by atoms with Gasteiger partial charge in [0, 0.05) is 30.6 Å². The first-order valence-corrected chi connectivity index (χ1v) is 7.47. The summed E-state index contributed by atoms with van der Waals surface area (Å²) in [5.74, 6) is -0.904. The van der Waals surface area contributed by atoms with E-state index in [0.29, 0.717) is 5.56 Å². The summed E-state index contributed by atoms with van der Waals surface area (Å²) < 4.78 is 14.5. The van der Waals surface area contributed by atoms with Gasteiger partial charge in [-0.1, -0.05) is 29.8 Å². The number of nitrogens with zero attached hydrogens (tertiary/aromatic N) is 1. The molecule has 1 aromatic carbocycles. The van der Waals surface area contributed by atoms with E-state index in [1.54, 1.807) is 19.2 Å². The molecular formula is C15H20BrFN2O2. The summed E-state index contributed by atoms with van der Waals surface area (Å²) >= 11 is 3.28. The lowest BCUT2D eigenvalue weighted by molar-refractivity contribution is -0.136. The van der Waals surface area contributed by atoms with Crippen molar-refractivity contribution >= 4 is 27.7 Å². The van der Waals surface area contributed by atoms with E-state index in [1.165, 1.54) is 17.9 Å². The zero-order valence-corrected chi connectivity index (χ0v) is 14.2. The van der Waals surface area contributed by atoms with E-state index in [4.69, 9.17) is 0 Å². The SMILES string of the molecule is CC(=O)NC(C(=O)N(C)Cc1cc(Br)ccc1F)C(C)C. The number of rotatable bonds is 5. The van der Waals surface area contributed by atoms with Crippen molar-refractivity contribution in [3.05, 3.63) is 34.1 Å². The number of carbonyl (C=O) groups excluding carboxylic acids is 2. The van der Waals surface area contributed by atoms with Crippen molar-refractivity contribution in [3.8, 4) is 0 Å². The van der Waals surface area contributed by atoms with Crippen molar-refractivity contribution in [1.29, 1.82) is 0 Å². The largest absolute Gasteiger partial charge is 0.344 e. The molecule has 6 heteroatoms. The monoisotopic (exact) mass is 358 g/mol. The third kappa shape index (κ3) is 5.12. The molecule has 0 saturated heterocycles. The third-order valence-electron chi connectivity index (χ3n) is 3.08. The van der Waals surface area contributed by atoms with Crippen LogP contribution in [0.4, 0.5) is 4.39 Å². The van der Waals surface area contributed by atoms with Gasteiger partial charge in [-0.2, -0.15) is 0 Å². The Morgan fingerprint density at radius 2 is 2.00 bits per heavy atom. The van der Waals surface area contributed by atoms with E-state index >= 15 is 0 Å². The number of carbonyl (C=O) groups is 2. The van der Waals surface area contributed by atoms with Crippen molar-refractivity contribution in [1.82, 2.24) is 10.2 Å². The van der Waals surface area contributed by atoms with Gasteiger partial charge in [-0.15, -0.1) is 0 Å². The molecule has 116 valence electrons. The lowest BCUT2D eigenvalue weighted by atomic mass is 10.0. The van der Waals surface area contributed by atoms with Crippen LogP contribution >= 0.6 is 15.9 Å². The molecule has 1 rings (SSSR count). The molecule has 0 saturated carbocycles. The smallest absolute Gasteiger partial charge is 0.245 e. The number of amides is 2. The van der Waals surface area contributed by atoms with Gasteiger partial charge in [-0.3, -0.25) is 9.59 Å². The summed E-state index contributed by atoms with van der Waals surface area (Å²) in [7, 11) is 1.60. The molecule has 1 atom stereocenters. The van der Waals surface area contributed by atoms with E-state index in [9.17, 15) is 14.0 Å². The molecule has 2 amide bonds. The fourth-order valence-electron chi connectivity index (χ4n) is 1.97. The van der Waals surface area contributed by atoms with Crippen molar-refractivity contribution < 1.29 is 14.0 Å². The Morgan fingerprint density at radius 1 is 1.38 bits per heavy atom. The molecule has 0 bridgehead atoms. The zero-order chi connectivity index (χ0) is 16.2. The highest BCUT2D eigenvalue weighted by Gasteiger charge is 2.26. The maximum absolute atomic E-state index is 13.7. The Labute approximate surface area is 132 Å². The topological polar surface area (TPSA) is 49.4 Å². The standard InChI is InChI=1S/C15H20BrFN2O2/c1-9(2)14(18-10(3)20)15(21)19(4)8-11-7-12(16)5-6-13(11)17/h5-7,9,14H,8H2,1-4H3,(H,18,20). The molecule has 4 nitrogen and oxygen atoms in total. The van der Waals surface area contributed by atoms with Crippen LogP contribution in [0.1, 0.15) is 26.3 Å². The number of nitrogens with one attached hydrogen (secondary N) is 1. The van der Waals surface area contributed by atoms with Gasteiger partial charge in [0.2, 0.25) is 11.8 Å². The summed E-state index contributed by atoms with van der Waals surface area (Å²) in [6.07, 6.45) is 0. The number of hydrogen-bond donors (Lipinski definition) is 1. The molecule has 1 N–H and O–H groups in total. The summed E-state index contributed by atoms with van der Waals surface area (Å²) in [6.45, 7) is 5.22. The molecule has 0 radical (unpaired) electrons. The van der Waals surface area contributed by atoms with E-state index in [0.717, 1.165) is 4.47 Å². The van der Waals surface area contributed by atoms with Crippen LogP contribution in [0, 0.1) is 11.7 Å². The predicted octanol–water partition coefficient (Wildman–Crippen LogP) is 2.71. The van der Waals surface area contributed by atoms with Crippen LogP contribution in [0.15, 0.2) is 22.7 Å². The highest BCUT2D eigenvalue weighted by Crippen LogP contribution is 2.17. The zero-order valence-electron chi connectivity index (χ0n) is 12.6. The molecule has 0 aliphatic rings. The second-order valence-corrected chi connectivity index (χ2v) is 6.27. The minimum atomic E-state index is -0.609. The van der Waals surface area contributed by atoms with E-state index in [1.807, 2.05) is 13.8 Å². The summed E-state index contributed by atoms with van der Waals surface area (Å²) in [5, 5.41) is 2.64. The minimum absolute atomic E-state index is 0.0452. The summed E-state index contributed by atoms with van der Waals surface area (Å²) in [5.41, 5.74) is 0.422. The van der Waals surface area contributed by atoms with Gasteiger partial charge in [0.05, 0.1) is 0 Å². The van der Waals surface area contributed by atoms with Crippen LogP contribution < -0.4 is 5.32 Å². The molecule has 1 unspecified atom stereocenters. The lowest BCUT2D eigenvalue weighted by Crippen LogP contribution is -2.49. The highest BCUT2D eigenvalue weighted by atomic mass is 79.9. The molecule has 0 fully saturated rings. The Balaban J connectivity index is 2.85. The molecule has 21 heavy (non-hydrogen) atoms. The molecule has 0 aromatic heterocycles. The maximum Gasteiger partial charge on any atom is 0.245 e. The molecule has 0 heterocycles. The van der Waals surface area contributed by atoms with Crippen molar-refractivity contribution in [2.45, 2.75) is 33.4 Å². The van der Waals surface area contributed by atoms with Crippen LogP contribution in [-0.4, -0.2) is 29.8 Å². The van der Waals surface area contributed by atoms with Gasteiger partial charge in [0.1, 0.15) is 11.9 Å². The number of halogens is 2. The van der Waals surface area contributed by atoms with Gasteiger partial charge in [0.25, 0.3) is 0 Å². The van der Waals surface area contributed by atoms with Crippen LogP contribution in [0.5, 0.6) is 0 Å². The van der Waals surface area contributed by atoms with Crippen molar-refractivity contribution in [3.63, 3.8) is 0 Å². The van der Waals surface area contributed by atoms with E-state index in [-0.39, 0.29) is 30.1 Å². The van der Waals surface area contributed by atoms with Gasteiger partial charge >= 0.3 is 0 Å². The van der Waals surface area contributed by atoms with Gasteiger partial charge in [-0.05, 0) is 24.1 Å². The predicted molar refractivity (Wildman–Crippen MR) is 83.0 cm³/mol. The van der Waals surface area contributed by atoms with Crippen LogP contribution in [0.2, 0.25) is 0 Å². The first kappa shape index (κ1) is 17.6. The second-order valence-electron chi connectivity index (χ2n) is 5.35. The summed E-state index contributed by atoms with van der Waals surface area (Å²) in [6, 6.07) is 3.99. The Morgan fingerprint density at radius 3 is 2.52 bits per heavy atom. The normalized spacial score (nSPS) is 12.1. The first-order valence-electron chi connectivity index (χ1n) is 6.68. The lowest BCUT2D eigenvalue weighted by Gasteiger charge is -2.27. The van der Waals surface area contributed by atoms with Gasteiger partial charge < -0.3 is 10.2 Å². The average molecular weight is 359 g/mol. The van der Waals surface area contributed by atoms with Crippen molar-refractivity contribution in [2.24, 2.45) is 5.92 Å². The highest BCUT2D eigenvalue weighted by molar-refractivity contribution is 9.10. The second kappa shape index (κ2) is 7.54. The van der Waals surface area contributed by atoms with Crippen molar-refractivity contribution in [2.75, 3.05) is 7.05 Å². The van der Waals surface area contributed by atoms with Crippen LogP contribution in [0.25, 0.3) is 0 Å². The number of hydrogen-bond acceptors (Lipinski definition) is 2. The summed E-state index contributed by atoms with van der Waals surface area (Å²) in [4.78, 5) is 25.0. The molecule has 0 aliphatic heterocycles. The molecule has 0 aliphatic carbocycles. The first-order chi connectivity index (χ1) is 9.72. The van der Waals surface area contributed by atoms with Gasteiger partial charge in [-0.25, -0.2) is 4.39 Å². The number of benzene rings is 1. The molecule has 0 spiro atoms. The molecular weight excluding hydrogens is 339 g/mol. The van der Waals surface area contributed by atoms with Crippen LogP contribution in [0.3, 0.4) is 0 Å². The third-order valence-corrected chi connectivity index (χ3v) is 3.58. The maximum atomic E-state index is 13.7. The van der Waals surface area contributed by atoms with E-state index in [2.05, 4.69) is 21.2 Å². The Bertz CT molecular complexity index is 534. The van der Waals surface area contributed by atoms with Crippen LogP contribution in [-0.2, 0) is 16.1 Å².